The molecule has 5 heteroatoms. The Bertz CT molecular complexity index is 500. The van der Waals surface area contributed by atoms with Crippen LogP contribution in [0.5, 0.6) is 0 Å². The molecule has 1 heterocycles. The Hall–Kier alpha value is -1.10. The number of carboxylic acid groups (broad SMARTS) is 1. The predicted molar refractivity (Wildman–Crippen MR) is 71.2 cm³/mol. The molecule has 1 saturated heterocycles. The number of carboxylic acids is 1. The molecule has 1 aromatic rings. The Morgan fingerprint density at radius 2 is 2.00 bits per heavy atom. The van der Waals surface area contributed by atoms with Crippen molar-refractivity contribution in [3.8, 4) is 0 Å². The second kappa shape index (κ2) is 4.78. The Balaban J connectivity index is 2.28. The van der Waals surface area contributed by atoms with Gasteiger partial charge in [-0.05, 0) is 32.4 Å². The molecule has 0 spiro atoms. The largest absolute Gasteiger partial charge is 0.479 e. The molecule has 0 bridgehead atoms. The smallest absolute Gasteiger partial charge is 0.338 e. The molecule has 2 atom stereocenters. The molecule has 1 fully saturated rings. The lowest BCUT2D eigenvalue weighted by molar-refractivity contribution is -0.182. The van der Waals surface area contributed by atoms with Gasteiger partial charge in [-0.25, -0.2) is 4.79 Å². The fraction of sp³-hybridized carbons (Fsp3) is 0.500. The van der Waals surface area contributed by atoms with Gasteiger partial charge in [0, 0.05) is 11.4 Å². The molecule has 4 nitrogen and oxygen atoms in total. The van der Waals surface area contributed by atoms with Crippen molar-refractivity contribution in [2.75, 3.05) is 0 Å². The van der Waals surface area contributed by atoms with Crippen molar-refractivity contribution >= 4 is 17.6 Å². The summed E-state index contributed by atoms with van der Waals surface area (Å²) in [6.07, 6.45) is -0.189. The average Bonchev–Trinajstić information content (AvgIpc) is 2.53. The average molecular weight is 285 g/mol. The van der Waals surface area contributed by atoms with E-state index in [9.17, 15) is 9.90 Å². The third-order valence-corrected chi connectivity index (χ3v) is 3.65. The van der Waals surface area contributed by atoms with Crippen LogP contribution in [0, 0.1) is 0 Å². The first-order valence-electron chi connectivity index (χ1n) is 6.09. The van der Waals surface area contributed by atoms with Crippen LogP contribution in [0.2, 0.25) is 5.02 Å². The quantitative estimate of drug-likeness (QED) is 0.927. The van der Waals surface area contributed by atoms with Gasteiger partial charge in [-0.15, -0.1) is 0 Å². The van der Waals surface area contributed by atoms with Crippen LogP contribution in [0.15, 0.2) is 24.3 Å². The van der Waals surface area contributed by atoms with Gasteiger partial charge in [0.15, 0.2) is 11.4 Å². The molecule has 0 amide bonds. The van der Waals surface area contributed by atoms with E-state index in [1.165, 1.54) is 6.92 Å². The summed E-state index contributed by atoms with van der Waals surface area (Å²) >= 11 is 6.10. The number of aliphatic carboxylic acids is 1. The molecule has 1 aliphatic rings. The Morgan fingerprint density at radius 1 is 1.37 bits per heavy atom. The van der Waals surface area contributed by atoms with Crippen LogP contribution in [0.1, 0.15) is 26.3 Å². The van der Waals surface area contributed by atoms with E-state index < -0.39 is 23.5 Å². The summed E-state index contributed by atoms with van der Waals surface area (Å²) in [4.78, 5) is 11.5. The standard InChI is InChI=1S/C14H17ClO4/c1-13(2)18-11(14(3,19-13)12(16)17)8-9-6-4-5-7-10(9)15/h4-7,11H,8H2,1-3H3,(H,16,17). The monoisotopic (exact) mass is 284 g/mol. The zero-order chi connectivity index (χ0) is 14.3. The summed E-state index contributed by atoms with van der Waals surface area (Å²) in [7, 11) is 0. The molecule has 104 valence electrons. The first-order chi connectivity index (χ1) is 8.74. The van der Waals surface area contributed by atoms with E-state index in [-0.39, 0.29) is 0 Å². The maximum Gasteiger partial charge on any atom is 0.338 e. The molecule has 1 aromatic carbocycles. The van der Waals surface area contributed by atoms with Gasteiger partial charge in [0.2, 0.25) is 0 Å². The fourth-order valence-electron chi connectivity index (χ4n) is 2.34. The van der Waals surface area contributed by atoms with Gasteiger partial charge in [0.25, 0.3) is 0 Å². The van der Waals surface area contributed by atoms with E-state index in [2.05, 4.69) is 0 Å². The number of benzene rings is 1. The van der Waals surface area contributed by atoms with Gasteiger partial charge in [-0.1, -0.05) is 29.8 Å². The van der Waals surface area contributed by atoms with E-state index in [4.69, 9.17) is 21.1 Å². The van der Waals surface area contributed by atoms with Gasteiger partial charge < -0.3 is 14.6 Å². The number of carbonyl (C=O) groups is 1. The molecule has 0 aromatic heterocycles. The lowest BCUT2D eigenvalue weighted by atomic mass is 9.93. The van der Waals surface area contributed by atoms with E-state index in [0.29, 0.717) is 11.4 Å². The zero-order valence-corrected chi connectivity index (χ0v) is 11.9. The first kappa shape index (κ1) is 14.3. The predicted octanol–water partition coefficient (Wildman–Crippen LogP) is 2.88. The van der Waals surface area contributed by atoms with E-state index >= 15 is 0 Å². The highest BCUT2D eigenvalue weighted by molar-refractivity contribution is 6.31. The van der Waals surface area contributed by atoms with Gasteiger partial charge in [-0.3, -0.25) is 0 Å². The van der Waals surface area contributed by atoms with Crippen molar-refractivity contribution in [1.29, 1.82) is 0 Å². The van der Waals surface area contributed by atoms with Crippen LogP contribution in [-0.4, -0.2) is 28.6 Å². The maximum atomic E-state index is 11.5. The molecule has 2 rings (SSSR count). The van der Waals surface area contributed by atoms with E-state index in [1.54, 1.807) is 19.9 Å². The topological polar surface area (TPSA) is 55.8 Å². The molecule has 0 saturated carbocycles. The van der Waals surface area contributed by atoms with Gasteiger partial charge in [0.1, 0.15) is 6.10 Å². The molecule has 0 radical (unpaired) electrons. The Morgan fingerprint density at radius 3 is 2.58 bits per heavy atom. The van der Waals surface area contributed by atoms with Crippen LogP contribution in [0.25, 0.3) is 0 Å². The summed E-state index contributed by atoms with van der Waals surface area (Å²) in [5.41, 5.74) is -0.522. The Kier molecular flexibility index (Phi) is 3.60. The van der Waals surface area contributed by atoms with Crippen LogP contribution in [0.3, 0.4) is 0 Å². The molecule has 2 unspecified atom stereocenters. The van der Waals surface area contributed by atoms with Gasteiger partial charge in [0.05, 0.1) is 0 Å². The SMILES string of the molecule is CC1(C)OC(Cc2ccccc2Cl)C(C)(C(=O)O)O1. The molecule has 0 aliphatic carbocycles. The number of rotatable bonds is 3. The minimum absolute atomic E-state index is 0.395. The van der Waals surface area contributed by atoms with E-state index in [0.717, 1.165) is 5.56 Å². The number of ether oxygens (including phenoxy) is 2. The molecule has 1 N–H and O–H groups in total. The van der Waals surface area contributed by atoms with Crippen molar-refractivity contribution in [2.24, 2.45) is 0 Å². The van der Waals surface area contributed by atoms with Crippen LogP contribution < -0.4 is 0 Å². The zero-order valence-electron chi connectivity index (χ0n) is 11.1. The molecule has 1 aliphatic heterocycles. The van der Waals surface area contributed by atoms with Crippen molar-refractivity contribution in [1.82, 2.24) is 0 Å². The van der Waals surface area contributed by atoms with Crippen molar-refractivity contribution in [3.05, 3.63) is 34.9 Å². The van der Waals surface area contributed by atoms with Crippen molar-refractivity contribution in [3.63, 3.8) is 0 Å². The summed E-state index contributed by atoms with van der Waals surface area (Å²) in [6.45, 7) is 4.95. The minimum Gasteiger partial charge on any atom is -0.479 e. The van der Waals surface area contributed by atoms with Crippen molar-refractivity contribution in [2.45, 2.75) is 44.7 Å². The van der Waals surface area contributed by atoms with Crippen LogP contribution >= 0.6 is 11.6 Å². The van der Waals surface area contributed by atoms with Crippen molar-refractivity contribution < 1.29 is 19.4 Å². The summed E-state index contributed by atoms with van der Waals surface area (Å²) < 4.78 is 11.3. The third-order valence-electron chi connectivity index (χ3n) is 3.29. The number of hydrogen-bond donors (Lipinski definition) is 1. The fourth-order valence-corrected chi connectivity index (χ4v) is 2.55. The molecular weight excluding hydrogens is 268 g/mol. The van der Waals surface area contributed by atoms with Gasteiger partial charge >= 0.3 is 5.97 Å². The lowest BCUT2D eigenvalue weighted by Gasteiger charge is -2.24. The number of hydrogen-bond acceptors (Lipinski definition) is 3. The van der Waals surface area contributed by atoms with Crippen LogP contribution in [0.4, 0.5) is 0 Å². The highest BCUT2D eigenvalue weighted by atomic mass is 35.5. The number of halogens is 1. The second-order valence-electron chi connectivity index (χ2n) is 5.32. The molecular formula is C14H17ClO4. The summed E-state index contributed by atoms with van der Waals surface area (Å²) in [6, 6.07) is 7.33. The summed E-state index contributed by atoms with van der Waals surface area (Å²) in [5, 5.41) is 9.98. The minimum atomic E-state index is -1.37. The second-order valence-corrected chi connectivity index (χ2v) is 5.72. The highest BCUT2D eigenvalue weighted by Crippen LogP contribution is 2.38. The lowest BCUT2D eigenvalue weighted by Crippen LogP contribution is -2.46. The third kappa shape index (κ3) is 2.76. The van der Waals surface area contributed by atoms with E-state index in [1.807, 2.05) is 18.2 Å². The molecule has 19 heavy (non-hydrogen) atoms. The normalized spacial score (nSPS) is 29.4. The van der Waals surface area contributed by atoms with Crippen LogP contribution in [-0.2, 0) is 20.7 Å². The Labute approximate surface area is 117 Å². The first-order valence-corrected chi connectivity index (χ1v) is 6.47. The summed E-state index contributed by atoms with van der Waals surface area (Å²) in [5.74, 6) is -1.95. The van der Waals surface area contributed by atoms with Gasteiger partial charge in [-0.2, -0.15) is 0 Å². The maximum absolute atomic E-state index is 11.5. The highest BCUT2D eigenvalue weighted by Gasteiger charge is 2.55.